The molecular formula is C19H19N3O2. The normalized spacial score (nSPS) is 18.0. The summed E-state index contributed by atoms with van der Waals surface area (Å²) in [4.78, 5) is 0. The fraction of sp³-hybridized carbons (Fsp3) is 0.263. The first-order chi connectivity index (χ1) is 11.7. The number of benzene rings is 2. The van der Waals surface area contributed by atoms with Gasteiger partial charge in [-0.15, -0.1) is 0 Å². The Kier molecular flexibility index (Phi) is 4.39. The molecule has 2 aromatic rings. The average Bonchev–Trinajstić information content (AvgIpc) is 2.99. The van der Waals surface area contributed by atoms with E-state index in [4.69, 9.17) is 4.74 Å². The molecule has 1 N–H and O–H groups in total. The molecule has 24 heavy (non-hydrogen) atoms. The maximum Gasteiger partial charge on any atom is 0.164 e. The highest BCUT2D eigenvalue weighted by molar-refractivity contribution is 5.84. The van der Waals surface area contributed by atoms with Crippen molar-refractivity contribution >= 4 is 5.71 Å². The summed E-state index contributed by atoms with van der Waals surface area (Å²) in [6, 6.07) is 16.7. The van der Waals surface area contributed by atoms with Crippen molar-refractivity contribution in [2.75, 3.05) is 7.11 Å². The molecule has 0 bridgehead atoms. The lowest BCUT2D eigenvalue weighted by molar-refractivity contribution is 0.193. The van der Waals surface area contributed by atoms with E-state index < -0.39 is 6.04 Å². The van der Waals surface area contributed by atoms with Gasteiger partial charge in [0.2, 0.25) is 0 Å². The number of hydrogen-bond donors (Lipinski definition) is 1. The fourth-order valence-corrected chi connectivity index (χ4v) is 3.06. The van der Waals surface area contributed by atoms with Crippen LogP contribution in [0, 0.1) is 11.3 Å². The van der Waals surface area contributed by atoms with Crippen molar-refractivity contribution in [1.29, 1.82) is 5.26 Å². The Balaban J connectivity index is 2.02. The van der Waals surface area contributed by atoms with Crippen molar-refractivity contribution in [2.24, 2.45) is 5.10 Å². The molecular weight excluding hydrogens is 302 g/mol. The number of nitriles is 1. The summed E-state index contributed by atoms with van der Waals surface area (Å²) in [6.07, 6.45) is 0.757. The van der Waals surface area contributed by atoms with Gasteiger partial charge in [-0.25, -0.2) is 0 Å². The van der Waals surface area contributed by atoms with E-state index in [1.807, 2.05) is 37.3 Å². The fourth-order valence-electron chi connectivity index (χ4n) is 3.06. The van der Waals surface area contributed by atoms with Crippen LogP contribution >= 0.6 is 0 Å². The van der Waals surface area contributed by atoms with Crippen LogP contribution < -0.4 is 4.74 Å². The summed E-state index contributed by atoms with van der Waals surface area (Å²) in [6.45, 7) is 1.95. The van der Waals surface area contributed by atoms with E-state index in [9.17, 15) is 10.4 Å². The number of rotatable bonds is 4. The largest absolute Gasteiger partial charge is 0.504 e. The molecule has 0 unspecified atom stereocenters. The highest BCUT2D eigenvalue weighted by Crippen LogP contribution is 2.42. The first-order valence-electron chi connectivity index (χ1n) is 7.78. The van der Waals surface area contributed by atoms with Gasteiger partial charge in [0.05, 0.1) is 19.2 Å². The summed E-state index contributed by atoms with van der Waals surface area (Å²) in [5, 5.41) is 26.5. The van der Waals surface area contributed by atoms with E-state index in [0.29, 0.717) is 11.3 Å². The lowest BCUT2D eigenvalue weighted by atomic mass is 9.99. The monoisotopic (exact) mass is 321 g/mol. The van der Waals surface area contributed by atoms with Gasteiger partial charge in [0.25, 0.3) is 0 Å². The Labute approximate surface area is 141 Å². The number of hydrazone groups is 1. The summed E-state index contributed by atoms with van der Waals surface area (Å²) in [7, 11) is 1.49. The third kappa shape index (κ3) is 2.79. The molecule has 122 valence electrons. The standard InChI is InChI=1S/C19H19N3O2/c1-13-11-16(14-7-4-3-5-8-14)22(21-13)17(12-20)15-9-6-10-18(24-2)19(15)23/h3-10,16-17,23H,11H2,1-2H3/t16-,17+/m0/s1. The van der Waals surface area contributed by atoms with Crippen LogP contribution in [0.25, 0.3) is 0 Å². The third-order valence-electron chi connectivity index (χ3n) is 4.21. The smallest absolute Gasteiger partial charge is 0.164 e. The van der Waals surface area contributed by atoms with Gasteiger partial charge in [-0.2, -0.15) is 10.4 Å². The molecule has 0 saturated carbocycles. The number of para-hydroxylation sites is 1. The van der Waals surface area contributed by atoms with Gasteiger partial charge in [0.15, 0.2) is 17.5 Å². The minimum absolute atomic E-state index is 0.0156. The van der Waals surface area contributed by atoms with Crippen LogP contribution in [-0.4, -0.2) is 22.9 Å². The number of hydrogen-bond acceptors (Lipinski definition) is 5. The van der Waals surface area contributed by atoms with Gasteiger partial charge in [-0.05, 0) is 18.6 Å². The minimum Gasteiger partial charge on any atom is -0.504 e. The molecule has 5 heteroatoms. The summed E-state index contributed by atoms with van der Waals surface area (Å²) < 4.78 is 5.16. The summed E-state index contributed by atoms with van der Waals surface area (Å²) in [5.41, 5.74) is 2.56. The second-order valence-corrected chi connectivity index (χ2v) is 5.78. The predicted octanol–water partition coefficient (Wildman–Crippen LogP) is 3.79. The van der Waals surface area contributed by atoms with E-state index in [0.717, 1.165) is 17.7 Å². The van der Waals surface area contributed by atoms with Crippen LogP contribution in [0.3, 0.4) is 0 Å². The number of ether oxygens (including phenoxy) is 1. The minimum atomic E-state index is -0.692. The van der Waals surface area contributed by atoms with Gasteiger partial charge in [-0.3, -0.25) is 5.01 Å². The topological polar surface area (TPSA) is 68.8 Å². The first kappa shape index (κ1) is 15.9. The highest BCUT2D eigenvalue weighted by Gasteiger charge is 2.34. The number of phenolic OH excluding ortho intramolecular Hbond substituents is 1. The zero-order chi connectivity index (χ0) is 17.1. The number of methoxy groups -OCH3 is 1. The van der Waals surface area contributed by atoms with Gasteiger partial charge in [-0.1, -0.05) is 42.5 Å². The molecule has 1 heterocycles. The Bertz CT molecular complexity index is 796. The van der Waals surface area contributed by atoms with Crippen molar-refractivity contribution in [3.05, 3.63) is 59.7 Å². The molecule has 0 amide bonds. The maximum atomic E-state index is 10.4. The number of nitrogens with zero attached hydrogens (tertiary/aromatic N) is 3. The Morgan fingerprint density at radius 3 is 2.67 bits per heavy atom. The van der Waals surface area contributed by atoms with Crippen LogP contribution in [0.5, 0.6) is 11.5 Å². The molecule has 1 aliphatic heterocycles. The van der Waals surface area contributed by atoms with Crippen LogP contribution in [-0.2, 0) is 0 Å². The molecule has 0 radical (unpaired) electrons. The van der Waals surface area contributed by atoms with Crippen molar-refractivity contribution in [3.8, 4) is 17.6 Å². The maximum absolute atomic E-state index is 10.4. The second kappa shape index (κ2) is 6.63. The van der Waals surface area contributed by atoms with E-state index in [2.05, 4.69) is 11.2 Å². The van der Waals surface area contributed by atoms with E-state index in [1.54, 1.807) is 23.2 Å². The molecule has 0 saturated heterocycles. The SMILES string of the molecule is COc1cccc([C@@H](C#N)N2N=C(C)C[C@H]2c2ccccc2)c1O. The zero-order valence-corrected chi connectivity index (χ0v) is 13.7. The van der Waals surface area contributed by atoms with Crippen molar-refractivity contribution in [1.82, 2.24) is 5.01 Å². The lowest BCUT2D eigenvalue weighted by Crippen LogP contribution is -2.24. The van der Waals surface area contributed by atoms with Gasteiger partial charge >= 0.3 is 0 Å². The molecule has 5 nitrogen and oxygen atoms in total. The number of phenols is 1. The van der Waals surface area contributed by atoms with E-state index in [1.165, 1.54) is 7.11 Å². The predicted molar refractivity (Wildman–Crippen MR) is 91.8 cm³/mol. The van der Waals surface area contributed by atoms with Gasteiger partial charge in [0, 0.05) is 17.7 Å². The summed E-state index contributed by atoms with van der Waals surface area (Å²) in [5.74, 6) is 0.335. The molecule has 2 aromatic carbocycles. The first-order valence-corrected chi connectivity index (χ1v) is 7.78. The van der Waals surface area contributed by atoms with Gasteiger partial charge < -0.3 is 9.84 Å². The van der Waals surface area contributed by atoms with E-state index in [-0.39, 0.29) is 11.8 Å². The molecule has 0 aromatic heterocycles. The Morgan fingerprint density at radius 2 is 2.00 bits per heavy atom. The lowest BCUT2D eigenvalue weighted by Gasteiger charge is -2.29. The van der Waals surface area contributed by atoms with Gasteiger partial charge in [0.1, 0.15) is 0 Å². The van der Waals surface area contributed by atoms with Crippen LogP contribution in [0.15, 0.2) is 53.6 Å². The third-order valence-corrected chi connectivity index (χ3v) is 4.21. The molecule has 0 aliphatic carbocycles. The molecule has 3 rings (SSSR count). The van der Waals surface area contributed by atoms with Crippen LogP contribution in [0.4, 0.5) is 0 Å². The van der Waals surface area contributed by atoms with Crippen LogP contribution in [0.2, 0.25) is 0 Å². The average molecular weight is 321 g/mol. The molecule has 1 aliphatic rings. The Morgan fingerprint density at radius 1 is 1.25 bits per heavy atom. The summed E-state index contributed by atoms with van der Waals surface area (Å²) >= 11 is 0. The molecule has 0 fully saturated rings. The Hall–Kier alpha value is -3.00. The van der Waals surface area contributed by atoms with Crippen molar-refractivity contribution in [3.63, 3.8) is 0 Å². The number of aromatic hydroxyl groups is 1. The van der Waals surface area contributed by atoms with E-state index >= 15 is 0 Å². The molecule has 0 spiro atoms. The van der Waals surface area contributed by atoms with Crippen molar-refractivity contribution in [2.45, 2.75) is 25.4 Å². The van der Waals surface area contributed by atoms with Crippen molar-refractivity contribution < 1.29 is 9.84 Å². The highest BCUT2D eigenvalue weighted by atomic mass is 16.5. The second-order valence-electron chi connectivity index (χ2n) is 5.78. The quantitative estimate of drug-likeness (QED) is 0.930. The molecule has 2 atom stereocenters. The zero-order valence-electron chi connectivity index (χ0n) is 13.7. The van der Waals surface area contributed by atoms with Crippen LogP contribution in [0.1, 0.15) is 36.6 Å².